The molecular formula is C25H17I. The largest absolute Gasteiger partial charge is 0.0622 e. The average molecular weight is 444 g/mol. The summed E-state index contributed by atoms with van der Waals surface area (Å²) in [5.41, 5.74) is 10.9. The zero-order valence-corrected chi connectivity index (χ0v) is 16.4. The van der Waals surface area contributed by atoms with E-state index in [1.807, 2.05) is 0 Å². The fourth-order valence-corrected chi connectivity index (χ4v) is 5.05. The second-order valence-electron chi connectivity index (χ2n) is 6.71. The van der Waals surface area contributed by atoms with Gasteiger partial charge in [0.05, 0.1) is 0 Å². The van der Waals surface area contributed by atoms with E-state index in [1.54, 1.807) is 0 Å². The van der Waals surface area contributed by atoms with E-state index in [1.165, 1.54) is 48.1 Å². The fourth-order valence-electron chi connectivity index (χ4n) is 3.96. The lowest BCUT2D eigenvalue weighted by Gasteiger charge is -2.17. The van der Waals surface area contributed by atoms with Gasteiger partial charge in [-0.25, -0.2) is 0 Å². The highest BCUT2D eigenvalue weighted by molar-refractivity contribution is 14.1. The summed E-state index contributed by atoms with van der Waals surface area (Å²) in [4.78, 5) is 0. The first-order valence-electron chi connectivity index (χ1n) is 8.87. The van der Waals surface area contributed by atoms with E-state index in [-0.39, 0.29) is 0 Å². The van der Waals surface area contributed by atoms with Crippen LogP contribution in [0.2, 0.25) is 0 Å². The molecule has 26 heavy (non-hydrogen) atoms. The summed E-state index contributed by atoms with van der Waals surface area (Å²) in [7, 11) is 0. The highest BCUT2D eigenvalue weighted by atomic mass is 127. The van der Waals surface area contributed by atoms with E-state index >= 15 is 0 Å². The van der Waals surface area contributed by atoms with Gasteiger partial charge in [-0.2, -0.15) is 0 Å². The third-order valence-corrected chi connectivity index (χ3v) is 6.38. The van der Waals surface area contributed by atoms with E-state index in [2.05, 4.69) is 114 Å². The molecule has 0 fully saturated rings. The summed E-state index contributed by atoms with van der Waals surface area (Å²) < 4.78 is 1.38. The zero-order valence-electron chi connectivity index (χ0n) is 14.2. The van der Waals surface area contributed by atoms with Crippen molar-refractivity contribution < 1.29 is 0 Å². The van der Waals surface area contributed by atoms with Crippen LogP contribution in [-0.4, -0.2) is 0 Å². The van der Waals surface area contributed by atoms with Crippen LogP contribution < -0.4 is 0 Å². The van der Waals surface area contributed by atoms with E-state index in [0.717, 1.165) is 6.42 Å². The van der Waals surface area contributed by atoms with Gasteiger partial charge >= 0.3 is 0 Å². The predicted molar refractivity (Wildman–Crippen MR) is 118 cm³/mol. The van der Waals surface area contributed by atoms with Crippen LogP contribution in [0.25, 0.3) is 33.4 Å². The Labute approximate surface area is 167 Å². The Morgan fingerprint density at radius 3 is 1.92 bits per heavy atom. The maximum absolute atomic E-state index is 2.56. The highest BCUT2D eigenvalue weighted by Gasteiger charge is 2.25. The molecule has 0 unspecified atom stereocenters. The van der Waals surface area contributed by atoms with Crippen molar-refractivity contribution in [2.75, 3.05) is 0 Å². The van der Waals surface area contributed by atoms with Crippen molar-refractivity contribution in [3.63, 3.8) is 0 Å². The molecule has 124 valence electrons. The lowest BCUT2D eigenvalue weighted by molar-refractivity contribution is 1.25. The third-order valence-electron chi connectivity index (χ3n) is 5.19. The molecule has 4 aromatic carbocycles. The van der Waals surface area contributed by atoms with E-state index < -0.39 is 0 Å². The van der Waals surface area contributed by atoms with Crippen LogP contribution in [0.5, 0.6) is 0 Å². The van der Waals surface area contributed by atoms with Crippen molar-refractivity contribution in [1.29, 1.82) is 0 Å². The number of hydrogen-bond donors (Lipinski definition) is 0. The monoisotopic (exact) mass is 444 g/mol. The van der Waals surface area contributed by atoms with Gasteiger partial charge in [0.1, 0.15) is 0 Å². The predicted octanol–water partition coefficient (Wildman–Crippen LogP) is 7.20. The van der Waals surface area contributed by atoms with Gasteiger partial charge < -0.3 is 0 Å². The summed E-state index contributed by atoms with van der Waals surface area (Å²) >= 11 is 2.56. The molecule has 0 atom stereocenters. The van der Waals surface area contributed by atoms with Crippen molar-refractivity contribution in [2.45, 2.75) is 6.42 Å². The first kappa shape index (κ1) is 15.8. The van der Waals surface area contributed by atoms with Gasteiger partial charge in [-0.3, -0.25) is 0 Å². The minimum absolute atomic E-state index is 1.03. The van der Waals surface area contributed by atoms with Crippen LogP contribution >= 0.6 is 22.6 Å². The Hall–Kier alpha value is -2.39. The fraction of sp³-hybridized carbons (Fsp3) is 0.0400. The maximum atomic E-state index is 2.56. The Morgan fingerprint density at radius 2 is 1.19 bits per heavy atom. The van der Waals surface area contributed by atoms with E-state index in [4.69, 9.17) is 0 Å². The molecule has 0 radical (unpaired) electrons. The van der Waals surface area contributed by atoms with Crippen LogP contribution in [0.3, 0.4) is 0 Å². The van der Waals surface area contributed by atoms with E-state index in [0.29, 0.717) is 0 Å². The van der Waals surface area contributed by atoms with Gasteiger partial charge in [0.2, 0.25) is 0 Å². The van der Waals surface area contributed by atoms with Crippen molar-refractivity contribution >= 4 is 22.6 Å². The normalized spacial score (nSPS) is 11.9. The quantitative estimate of drug-likeness (QED) is 0.253. The van der Waals surface area contributed by atoms with Gasteiger partial charge in [0.25, 0.3) is 0 Å². The SMILES string of the molecule is Ic1c2c(cc(-c3ccccc3)c1-c1ccccc1)-c1ccccc1C2. The molecule has 0 saturated carbocycles. The van der Waals surface area contributed by atoms with E-state index in [9.17, 15) is 0 Å². The minimum Gasteiger partial charge on any atom is -0.0622 e. The average Bonchev–Trinajstić information content (AvgIpc) is 3.08. The van der Waals surface area contributed by atoms with Crippen LogP contribution in [0.1, 0.15) is 11.1 Å². The zero-order chi connectivity index (χ0) is 17.5. The van der Waals surface area contributed by atoms with Gasteiger partial charge in [-0.05, 0) is 74.0 Å². The van der Waals surface area contributed by atoms with Crippen molar-refractivity contribution in [1.82, 2.24) is 0 Å². The van der Waals surface area contributed by atoms with Crippen molar-refractivity contribution in [3.8, 4) is 33.4 Å². The third kappa shape index (κ3) is 2.50. The lowest BCUT2D eigenvalue weighted by atomic mass is 9.90. The molecule has 5 rings (SSSR count). The second-order valence-corrected chi connectivity index (χ2v) is 7.78. The van der Waals surface area contributed by atoms with Crippen molar-refractivity contribution in [3.05, 3.63) is 106 Å². The molecular weight excluding hydrogens is 427 g/mol. The molecule has 0 spiro atoms. The summed E-state index contributed by atoms with van der Waals surface area (Å²) in [6.07, 6.45) is 1.03. The number of hydrogen-bond acceptors (Lipinski definition) is 0. The first-order chi connectivity index (χ1) is 12.8. The summed E-state index contributed by atoms with van der Waals surface area (Å²) in [5, 5.41) is 0. The molecule has 0 N–H and O–H groups in total. The molecule has 1 aliphatic carbocycles. The Kier molecular flexibility index (Phi) is 3.90. The van der Waals surface area contributed by atoms with Crippen molar-refractivity contribution in [2.24, 2.45) is 0 Å². The van der Waals surface area contributed by atoms with Crippen LogP contribution in [0.4, 0.5) is 0 Å². The summed E-state index contributed by atoms with van der Waals surface area (Å²) in [6.45, 7) is 0. The Bertz CT molecular complexity index is 1100. The minimum atomic E-state index is 1.03. The topological polar surface area (TPSA) is 0 Å². The van der Waals surface area contributed by atoms with Gasteiger partial charge in [0, 0.05) is 9.13 Å². The van der Waals surface area contributed by atoms with Crippen LogP contribution in [0.15, 0.2) is 91.0 Å². The Morgan fingerprint density at radius 1 is 0.577 bits per heavy atom. The standard InChI is InChI=1S/C25H17I/c26-25-23-15-19-13-7-8-14-20(19)22(23)16-21(17-9-3-1-4-10-17)24(25)18-11-5-2-6-12-18/h1-14,16H,15H2. The molecule has 1 aliphatic rings. The van der Waals surface area contributed by atoms with Gasteiger partial charge in [-0.15, -0.1) is 0 Å². The smallest absolute Gasteiger partial charge is 0.0256 e. The number of fused-ring (bicyclic) bond motifs is 3. The molecule has 1 heteroatoms. The molecule has 4 aromatic rings. The molecule has 0 nitrogen and oxygen atoms in total. The first-order valence-corrected chi connectivity index (χ1v) is 9.95. The lowest BCUT2D eigenvalue weighted by Crippen LogP contribution is -1.95. The van der Waals surface area contributed by atoms with Gasteiger partial charge in [-0.1, -0.05) is 84.9 Å². The highest BCUT2D eigenvalue weighted by Crippen LogP contribution is 2.46. The summed E-state index contributed by atoms with van der Waals surface area (Å²) in [5.74, 6) is 0. The molecule has 0 saturated heterocycles. The molecule has 0 aliphatic heterocycles. The number of rotatable bonds is 2. The van der Waals surface area contributed by atoms with Crippen LogP contribution in [-0.2, 0) is 6.42 Å². The van der Waals surface area contributed by atoms with Crippen LogP contribution in [0, 0.1) is 3.57 Å². The van der Waals surface area contributed by atoms with Gasteiger partial charge in [0.15, 0.2) is 0 Å². The number of halogens is 1. The molecule has 0 aromatic heterocycles. The number of benzene rings is 4. The summed E-state index contributed by atoms with van der Waals surface area (Å²) in [6, 6.07) is 32.8. The molecule has 0 bridgehead atoms. The molecule has 0 heterocycles. The maximum Gasteiger partial charge on any atom is 0.0256 e. The second kappa shape index (κ2) is 6.40. The molecule has 0 amide bonds. The Balaban J connectivity index is 1.85.